The Balaban J connectivity index is 1.27. The number of carbonyl (C=O) groups is 1. The van der Waals surface area contributed by atoms with E-state index in [2.05, 4.69) is 25.0 Å². The van der Waals surface area contributed by atoms with Gasteiger partial charge >= 0.3 is 0 Å². The molecular weight excluding hydrogens is 390 g/mol. The molecule has 5 rings (SSSR count). The molecule has 1 fully saturated rings. The summed E-state index contributed by atoms with van der Waals surface area (Å²) in [7, 11) is 0. The Morgan fingerprint density at radius 3 is 2.71 bits per heavy atom. The number of piperidine rings is 1. The van der Waals surface area contributed by atoms with Gasteiger partial charge < -0.3 is 9.51 Å². The number of hydrogen-bond acceptors (Lipinski definition) is 6. The molecule has 0 amide bonds. The van der Waals surface area contributed by atoms with Crippen molar-refractivity contribution in [1.82, 2.24) is 25.0 Å². The molecule has 1 N–H and O–H groups in total. The molecule has 4 aromatic rings. The van der Waals surface area contributed by atoms with Crippen LogP contribution in [-0.4, -0.2) is 49.9 Å². The van der Waals surface area contributed by atoms with Crippen LogP contribution in [0.5, 0.6) is 0 Å². The number of likely N-dealkylation sites (tertiary alicyclic amines) is 1. The van der Waals surface area contributed by atoms with Gasteiger partial charge in [0.1, 0.15) is 5.69 Å². The number of carbonyl (C=O) groups excluding carboxylic acids is 1. The number of aromatic nitrogens is 4. The van der Waals surface area contributed by atoms with Crippen LogP contribution in [0.15, 0.2) is 53.2 Å². The molecule has 0 radical (unpaired) electrons. The Labute approximate surface area is 180 Å². The molecule has 0 spiro atoms. The fourth-order valence-corrected chi connectivity index (χ4v) is 4.50. The molecule has 1 aliphatic rings. The summed E-state index contributed by atoms with van der Waals surface area (Å²) in [6.07, 6.45) is 3.49. The predicted molar refractivity (Wildman–Crippen MR) is 118 cm³/mol. The van der Waals surface area contributed by atoms with Crippen molar-refractivity contribution in [3.63, 3.8) is 0 Å². The SMILES string of the molecule is Cc1[nH]c2ccccc2c1C(=O)C(C)N1CCC(c2nc(-c3ccccn3)no2)CC1. The Hall–Kier alpha value is -3.32. The van der Waals surface area contributed by atoms with Gasteiger partial charge in [-0.2, -0.15) is 4.98 Å². The number of rotatable bonds is 5. The van der Waals surface area contributed by atoms with Crippen LogP contribution in [0.4, 0.5) is 0 Å². The minimum Gasteiger partial charge on any atom is -0.358 e. The third-order valence-electron chi connectivity index (χ3n) is 6.28. The number of nitrogens with zero attached hydrogens (tertiary/aromatic N) is 4. The zero-order chi connectivity index (χ0) is 21.4. The second-order valence-corrected chi connectivity index (χ2v) is 8.19. The molecular formula is C24H25N5O2. The predicted octanol–water partition coefficient (Wildman–Crippen LogP) is 4.37. The van der Waals surface area contributed by atoms with Crippen LogP contribution >= 0.6 is 0 Å². The van der Waals surface area contributed by atoms with Crippen LogP contribution in [-0.2, 0) is 0 Å². The second kappa shape index (κ2) is 8.07. The Morgan fingerprint density at radius 2 is 1.94 bits per heavy atom. The van der Waals surface area contributed by atoms with Crippen LogP contribution in [0.1, 0.15) is 47.6 Å². The van der Waals surface area contributed by atoms with Gasteiger partial charge in [0.05, 0.1) is 6.04 Å². The van der Waals surface area contributed by atoms with Crippen molar-refractivity contribution in [1.29, 1.82) is 0 Å². The lowest BCUT2D eigenvalue weighted by Crippen LogP contribution is -2.43. The first kappa shape index (κ1) is 19.6. The van der Waals surface area contributed by atoms with Crippen molar-refractivity contribution >= 4 is 16.7 Å². The van der Waals surface area contributed by atoms with E-state index in [1.165, 1.54) is 0 Å². The Bertz CT molecular complexity index is 1210. The molecule has 7 heteroatoms. The zero-order valence-corrected chi connectivity index (χ0v) is 17.7. The lowest BCUT2D eigenvalue weighted by atomic mass is 9.93. The van der Waals surface area contributed by atoms with Gasteiger partial charge in [0.25, 0.3) is 0 Å². The number of nitrogens with one attached hydrogen (secondary N) is 1. The number of hydrogen-bond donors (Lipinski definition) is 1. The summed E-state index contributed by atoms with van der Waals surface area (Å²) in [5, 5.41) is 5.10. The van der Waals surface area contributed by atoms with E-state index in [9.17, 15) is 4.79 Å². The number of H-pyrrole nitrogens is 1. The molecule has 0 saturated carbocycles. The summed E-state index contributed by atoms with van der Waals surface area (Å²) in [5.74, 6) is 1.56. The normalized spacial score (nSPS) is 16.6. The average Bonchev–Trinajstić information content (AvgIpc) is 3.43. The minimum absolute atomic E-state index is 0.170. The van der Waals surface area contributed by atoms with Crippen LogP contribution < -0.4 is 0 Å². The largest absolute Gasteiger partial charge is 0.358 e. The highest BCUT2D eigenvalue weighted by atomic mass is 16.5. The van der Waals surface area contributed by atoms with Gasteiger partial charge in [0.15, 0.2) is 5.78 Å². The zero-order valence-electron chi connectivity index (χ0n) is 17.7. The van der Waals surface area contributed by atoms with E-state index < -0.39 is 0 Å². The number of fused-ring (bicyclic) bond motifs is 1. The summed E-state index contributed by atoms with van der Waals surface area (Å²) < 4.78 is 5.53. The summed E-state index contributed by atoms with van der Waals surface area (Å²) in [4.78, 5) is 27.8. The van der Waals surface area contributed by atoms with E-state index in [4.69, 9.17) is 4.52 Å². The maximum atomic E-state index is 13.3. The number of para-hydroxylation sites is 1. The Morgan fingerprint density at radius 1 is 1.16 bits per heavy atom. The highest BCUT2D eigenvalue weighted by Gasteiger charge is 2.31. The fraction of sp³-hybridized carbons (Fsp3) is 0.333. The molecule has 1 aromatic carbocycles. The molecule has 1 unspecified atom stereocenters. The van der Waals surface area contributed by atoms with Gasteiger partial charge in [-0.25, -0.2) is 0 Å². The van der Waals surface area contributed by atoms with E-state index in [0.717, 1.165) is 48.1 Å². The molecule has 1 atom stereocenters. The number of ketones is 1. The average molecular weight is 415 g/mol. The van der Waals surface area contributed by atoms with Crippen molar-refractivity contribution < 1.29 is 9.32 Å². The van der Waals surface area contributed by atoms with Gasteiger partial charge in [-0.05, 0) is 58.0 Å². The van der Waals surface area contributed by atoms with Crippen LogP contribution in [0.2, 0.25) is 0 Å². The van der Waals surface area contributed by atoms with E-state index in [1.807, 2.05) is 56.3 Å². The van der Waals surface area contributed by atoms with Crippen molar-refractivity contribution in [3.05, 3.63) is 65.8 Å². The number of Topliss-reactive ketones (excluding diaryl/α,β-unsaturated/α-hetero) is 1. The molecule has 7 nitrogen and oxygen atoms in total. The first-order valence-electron chi connectivity index (χ1n) is 10.7. The second-order valence-electron chi connectivity index (χ2n) is 8.19. The number of aryl methyl sites for hydroxylation is 1. The first-order chi connectivity index (χ1) is 15.1. The molecule has 1 aliphatic heterocycles. The quantitative estimate of drug-likeness (QED) is 0.487. The van der Waals surface area contributed by atoms with Crippen molar-refractivity contribution in [2.45, 2.75) is 38.6 Å². The van der Waals surface area contributed by atoms with E-state index in [1.54, 1.807) is 6.20 Å². The molecule has 4 heterocycles. The summed E-state index contributed by atoms with van der Waals surface area (Å²) >= 11 is 0. The summed E-state index contributed by atoms with van der Waals surface area (Å²) in [5.41, 5.74) is 3.46. The highest BCUT2D eigenvalue weighted by molar-refractivity contribution is 6.11. The summed E-state index contributed by atoms with van der Waals surface area (Å²) in [6, 6.07) is 13.5. The lowest BCUT2D eigenvalue weighted by molar-refractivity contribution is 0.0789. The van der Waals surface area contributed by atoms with Crippen molar-refractivity contribution in [2.75, 3.05) is 13.1 Å². The van der Waals surface area contributed by atoms with Crippen LogP contribution in [0, 0.1) is 6.92 Å². The van der Waals surface area contributed by atoms with Gasteiger partial charge in [0, 0.05) is 34.3 Å². The maximum Gasteiger partial charge on any atom is 0.230 e. The van der Waals surface area contributed by atoms with Gasteiger partial charge in [-0.15, -0.1) is 0 Å². The lowest BCUT2D eigenvalue weighted by Gasteiger charge is -2.34. The topological polar surface area (TPSA) is 87.9 Å². The smallest absolute Gasteiger partial charge is 0.230 e. The molecule has 158 valence electrons. The number of aromatic amines is 1. The van der Waals surface area contributed by atoms with Crippen LogP contribution in [0.3, 0.4) is 0 Å². The standard InChI is InChI=1S/C24H25N5O2/c1-15-21(18-7-3-4-8-19(18)26-15)22(30)16(2)29-13-10-17(11-14-29)24-27-23(28-31-24)20-9-5-6-12-25-20/h3-9,12,16-17,26H,10-11,13-14H2,1-2H3. The summed E-state index contributed by atoms with van der Waals surface area (Å²) in [6.45, 7) is 5.62. The first-order valence-corrected chi connectivity index (χ1v) is 10.7. The third kappa shape index (κ3) is 3.65. The number of benzene rings is 1. The van der Waals surface area contributed by atoms with Crippen molar-refractivity contribution in [3.8, 4) is 11.5 Å². The fourth-order valence-electron chi connectivity index (χ4n) is 4.50. The maximum absolute atomic E-state index is 13.3. The molecule has 1 saturated heterocycles. The van der Waals surface area contributed by atoms with E-state index >= 15 is 0 Å². The highest BCUT2D eigenvalue weighted by Crippen LogP contribution is 2.30. The van der Waals surface area contributed by atoms with Crippen LogP contribution in [0.25, 0.3) is 22.4 Å². The molecule has 31 heavy (non-hydrogen) atoms. The molecule has 0 aliphatic carbocycles. The van der Waals surface area contributed by atoms with Gasteiger partial charge in [-0.1, -0.05) is 29.4 Å². The molecule has 0 bridgehead atoms. The Kier molecular flexibility index (Phi) is 5.11. The monoisotopic (exact) mass is 415 g/mol. The van der Waals surface area contributed by atoms with E-state index in [-0.39, 0.29) is 17.7 Å². The van der Waals surface area contributed by atoms with Gasteiger partial charge in [0.2, 0.25) is 11.7 Å². The van der Waals surface area contributed by atoms with Gasteiger partial charge in [-0.3, -0.25) is 14.7 Å². The minimum atomic E-state index is -0.175. The molecule has 3 aromatic heterocycles. The third-order valence-corrected chi connectivity index (χ3v) is 6.28. The van der Waals surface area contributed by atoms with Crippen molar-refractivity contribution in [2.24, 2.45) is 0 Å². The number of pyridine rings is 1. The van der Waals surface area contributed by atoms with E-state index in [0.29, 0.717) is 17.4 Å².